The Labute approximate surface area is 191 Å². The van der Waals surface area contributed by atoms with E-state index in [9.17, 15) is 24.3 Å². The molecule has 3 rings (SSSR count). The Hall–Kier alpha value is -2.34. The number of carboxylic acids is 1. The van der Waals surface area contributed by atoms with Crippen LogP contribution in [0.15, 0.2) is 15.7 Å². The van der Waals surface area contributed by atoms with E-state index in [0.717, 1.165) is 20.8 Å². The lowest BCUT2D eigenvalue weighted by Gasteiger charge is -2.49. The van der Waals surface area contributed by atoms with E-state index in [0.29, 0.717) is 12.1 Å². The van der Waals surface area contributed by atoms with Crippen LogP contribution >= 0.6 is 27.7 Å². The third kappa shape index (κ3) is 4.49. The van der Waals surface area contributed by atoms with Crippen LogP contribution in [-0.2, 0) is 30.5 Å². The lowest BCUT2D eigenvalue weighted by Crippen LogP contribution is -2.71. The highest BCUT2D eigenvalue weighted by Gasteiger charge is 2.54. The van der Waals surface area contributed by atoms with Crippen LogP contribution in [-0.4, -0.2) is 67.3 Å². The molecule has 3 heterocycles. The Bertz CT molecular complexity index is 990. The van der Waals surface area contributed by atoms with Crippen molar-refractivity contribution in [1.29, 1.82) is 0 Å². The quantitative estimate of drug-likeness (QED) is 0.409. The summed E-state index contributed by atoms with van der Waals surface area (Å²) >= 11 is 4.78. The predicted molar refractivity (Wildman–Crippen MR) is 115 cm³/mol. The zero-order valence-electron chi connectivity index (χ0n) is 17.5. The molecule has 0 saturated carbocycles. The number of amides is 2. The number of aliphatic carboxylic acids is 1. The number of carboxylic acid groups (broad SMARTS) is 1. The number of ether oxygens (including phenoxy) is 1. The lowest BCUT2D eigenvalue weighted by atomic mass is 10.0. The minimum atomic E-state index is -1.27. The molecule has 2 N–H and O–H groups in total. The number of β-lactam (4-membered cyclic amide) rings is 1. The average Bonchev–Trinajstić information content (AvgIpc) is 2.95. The molecule has 1 aromatic rings. The fourth-order valence-electron chi connectivity index (χ4n) is 3.47. The Morgan fingerprint density at radius 2 is 2.06 bits per heavy atom. The summed E-state index contributed by atoms with van der Waals surface area (Å²) in [5.74, 6) is -2.78. The van der Waals surface area contributed by atoms with Gasteiger partial charge in [-0.05, 0) is 29.8 Å². The predicted octanol–water partition coefficient (Wildman–Crippen LogP) is 1.20. The highest BCUT2D eigenvalue weighted by Crippen LogP contribution is 2.40. The van der Waals surface area contributed by atoms with Gasteiger partial charge >= 0.3 is 11.9 Å². The van der Waals surface area contributed by atoms with E-state index >= 15 is 0 Å². The van der Waals surface area contributed by atoms with Gasteiger partial charge in [0.2, 0.25) is 5.91 Å². The van der Waals surface area contributed by atoms with Gasteiger partial charge in [-0.25, -0.2) is 4.79 Å². The van der Waals surface area contributed by atoms with Crippen LogP contribution < -0.4 is 5.32 Å². The molecule has 168 valence electrons. The number of hydrogen-bond acceptors (Lipinski definition) is 7. The Balaban J connectivity index is 1.67. The number of aromatic nitrogens is 2. The van der Waals surface area contributed by atoms with E-state index in [1.54, 1.807) is 11.6 Å². The fraction of sp³-hybridized carbons (Fsp3) is 0.526. The van der Waals surface area contributed by atoms with Crippen molar-refractivity contribution in [3.05, 3.63) is 27.1 Å². The summed E-state index contributed by atoms with van der Waals surface area (Å²) < 4.78 is 7.54. The van der Waals surface area contributed by atoms with Gasteiger partial charge in [0.05, 0.1) is 22.6 Å². The molecule has 0 radical (unpaired) electrons. The average molecular weight is 515 g/mol. The molecule has 1 saturated heterocycles. The summed E-state index contributed by atoms with van der Waals surface area (Å²) in [6.45, 7) is 6.89. The maximum absolute atomic E-state index is 12.7. The van der Waals surface area contributed by atoms with Crippen molar-refractivity contribution >= 4 is 51.4 Å². The molecule has 2 amide bonds. The fourth-order valence-corrected chi connectivity index (χ4v) is 5.09. The Kier molecular flexibility index (Phi) is 6.79. The van der Waals surface area contributed by atoms with Crippen LogP contribution in [0.25, 0.3) is 0 Å². The van der Waals surface area contributed by atoms with Gasteiger partial charge < -0.3 is 15.2 Å². The number of fused-ring (bicyclic) bond motifs is 1. The largest absolute Gasteiger partial charge is 0.477 e. The monoisotopic (exact) mass is 514 g/mol. The number of thioether (sulfide) groups is 1. The summed E-state index contributed by atoms with van der Waals surface area (Å²) in [5, 5.41) is 16.2. The third-order valence-electron chi connectivity index (χ3n) is 5.18. The van der Waals surface area contributed by atoms with Gasteiger partial charge in [0.15, 0.2) is 0 Å². The molecule has 0 spiro atoms. The molecule has 12 heteroatoms. The van der Waals surface area contributed by atoms with Crippen molar-refractivity contribution in [2.24, 2.45) is 5.92 Å². The van der Waals surface area contributed by atoms with Crippen LogP contribution in [0.1, 0.15) is 25.2 Å². The number of hydrogen-bond donors (Lipinski definition) is 2. The lowest BCUT2D eigenvalue weighted by molar-refractivity contribution is -0.151. The summed E-state index contributed by atoms with van der Waals surface area (Å²) in [5.41, 5.74) is 1.90. The molecule has 1 aromatic heterocycles. The zero-order valence-corrected chi connectivity index (χ0v) is 19.9. The van der Waals surface area contributed by atoms with E-state index in [4.69, 9.17) is 4.74 Å². The van der Waals surface area contributed by atoms with E-state index < -0.39 is 35.2 Å². The second-order valence-corrected chi connectivity index (χ2v) is 9.40. The Morgan fingerprint density at radius 1 is 1.39 bits per heavy atom. The molecule has 0 aliphatic carbocycles. The maximum Gasteiger partial charge on any atom is 0.352 e. The van der Waals surface area contributed by atoms with Gasteiger partial charge in [-0.3, -0.25) is 24.0 Å². The summed E-state index contributed by atoms with van der Waals surface area (Å²) in [7, 11) is 0. The van der Waals surface area contributed by atoms with Crippen LogP contribution in [0.3, 0.4) is 0 Å². The second-order valence-electron chi connectivity index (χ2n) is 7.50. The molecule has 2 aliphatic rings. The SMILES string of the molecule is CC(=O)OCC1=C(C(=O)O)N2C(=O)[C@H](NC(=O)[C@@H](C)Cn3nc(C)c(Br)c3C)[C@@H]2SC1. The molecule has 10 nitrogen and oxygen atoms in total. The zero-order chi connectivity index (χ0) is 23.0. The number of esters is 1. The third-order valence-corrected chi connectivity index (χ3v) is 7.67. The minimum absolute atomic E-state index is 0.180. The second kappa shape index (κ2) is 9.03. The van der Waals surface area contributed by atoms with Gasteiger partial charge in [0, 0.05) is 23.9 Å². The minimum Gasteiger partial charge on any atom is -0.477 e. The first-order chi connectivity index (χ1) is 14.5. The van der Waals surface area contributed by atoms with Gasteiger partial charge in [-0.2, -0.15) is 5.10 Å². The van der Waals surface area contributed by atoms with E-state index in [-0.39, 0.29) is 24.0 Å². The van der Waals surface area contributed by atoms with Crippen molar-refractivity contribution in [2.45, 2.75) is 45.7 Å². The number of aryl methyl sites for hydroxylation is 1. The van der Waals surface area contributed by atoms with Gasteiger partial charge in [-0.1, -0.05) is 6.92 Å². The molecular formula is C19H23BrN4O6S. The van der Waals surface area contributed by atoms with Crippen LogP contribution in [0.2, 0.25) is 0 Å². The molecular weight excluding hydrogens is 492 g/mol. The summed E-state index contributed by atoms with van der Waals surface area (Å²) in [6.07, 6.45) is 0. The molecule has 0 aromatic carbocycles. The van der Waals surface area contributed by atoms with Crippen LogP contribution in [0.5, 0.6) is 0 Å². The summed E-state index contributed by atoms with van der Waals surface area (Å²) in [4.78, 5) is 49.3. The molecule has 2 aliphatic heterocycles. The first kappa shape index (κ1) is 23.3. The molecule has 0 unspecified atom stereocenters. The molecule has 31 heavy (non-hydrogen) atoms. The van der Waals surface area contributed by atoms with Crippen molar-refractivity contribution in [2.75, 3.05) is 12.4 Å². The summed E-state index contributed by atoms with van der Waals surface area (Å²) in [6, 6.07) is -0.809. The molecule has 0 bridgehead atoms. The van der Waals surface area contributed by atoms with E-state index in [1.807, 2.05) is 13.8 Å². The first-order valence-electron chi connectivity index (χ1n) is 9.56. The van der Waals surface area contributed by atoms with Crippen molar-refractivity contribution < 1.29 is 29.0 Å². The van der Waals surface area contributed by atoms with Gasteiger partial charge in [-0.15, -0.1) is 11.8 Å². The van der Waals surface area contributed by atoms with Gasteiger partial charge in [0.1, 0.15) is 23.7 Å². The highest BCUT2D eigenvalue weighted by atomic mass is 79.9. The van der Waals surface area contributed by atoms with E-state index in [1.165, 1.54) is 18.7 Å². The van der Waals surface area contributed by atoms with Crippen molar-refractivity contribution in [1.82, 2.24) is 20.0 Å². The van der Waals surface area contributed by atoms with E-state index in [2.05, 4.69) is 26.3 Å². The molecule has 1 fully saturated rings. The number of halogens is 1. The van der Waals surface area contributed by atoms with Crippen molar-refractivity contribution in [3.63, 3.8) is 0 Å². The maximum atomic E-state index is 12.7. The Morgan fingerprint density at radius 3 is 2.61 bits per heavy atom. The van der Waals surface area contributed by atoms with Crippen LogP contribution in [0, 0.1) is 19.8 Å². The number of nitrogens with one attached hydrogen (secondary N) is 1. The standard InChI is InChI=1S/C19H23BrN4O6S/c1-8(5-23-10(3)13(20)9(2)22-23)16(26)21-14-17(27)24-15(19(28)29)12(6-30-11(4)25)7-31-18(14)24/h8,14,18H,5-7H2,1-4H3,(H,21,26)(H,28,29)/t8-,14-,18-/m0/s1. The number of rotatable bonds is 7. The molecule has 3 atom stereocenters. The smallest absolute Gasteiger partial charge is 0.352 e. The first-order valence-corrected chi connectivity index (χ1v) is 11.4. The highest BCUT2D eigenvalue weighted by molar-refractivity contribution is 9.10. The van der Waals surface area contributed by atoms with Crippen molar-refractivity contribution in [3.8, 4) is 0 Å². The normalized spacial score (nSPS) is 21.3. The topological polar surface area (TPSA) is 131 Å². The number of nitrogens with zero attached hydrogens (tertiary/aromatic N) is 3. The van der Waals surface area contributed by atoms with Gasteiger partial charge in [0.25, 0.3) is 5.91 Å². The number of carbonyl (C=O) groups is 4. The van der Waals surface area contributed by atoms with Crippen LogP contribution in [0.4, 0.5) is 0 Å². The number of carbonyl (C=O) groups excluding carboxylic acids is 3.